The Balaban J connectivity index is 1.60. The van der Waals surface area contributed by atoms with Crippen LogP contribution < -0.4 is 20.9 Å². The van der Waals surface area contributed by atoms with E-state index in [1.807, 2.05) is 5.32 Å². The molecule has 0 saturated heterocycles. The maximum atomic E-state index is 12.8. The smallest absolute Gasteiger partial charge is 0.254 e. The maximum absolute atomic E-state index is 12.8. The molecule has 1 aliphatic heterocycles. The number of carbonyl (C=O) groups excluding carboxylic acids is 2. The first kappa shape index (κ1) is 14.1. The third kappa shape index (κ3) is 3.62. The number of amides is 2. The fourth-order valence-corrected chi connectivity index (χ4v) is 3.66. The van der Waals surface area contributed by atoms with E-state index in [1.54, 1.807) is 18.2 Å². The van der Waals surface area contributed by atoms with Crippen molar-refractivity contribution in [3.05, 3.63) is 54.1 Å². The molecule has 2 amide bonds. The van der Waals surface area contributed by atoms with Gasteiger partial charge in [0.1, 0.15) is 5.82 Å². The van der Waals surface area contributed by atoms with Crippen LogP contribution in [0.3, 0.4) is 0 Å². The van der Waals surface area contributed by atoms with E-state index in [9.17, 15) is 9.59 Å². The SMILES string of the molecule is [2H]C([2H])([2H])NC(=O)c1cnc(NC(=O)C2CC2)cc1Nc1cccc2c1N(C([2H])([2H])[2H])Cc1nccnc1-2. The minimum absolute atomic E-state index is 0.0310. The molecule has 0 atom stereocenters. The Hall–Kier alpha value is -4.01. The number of carbonyl (C=O) groups is 2. The molecule has 3 aromatic rings. The van der Waals surface area contributed by atoms with Crippen molar-refractivity contribution in [1.82, 2.24) is 20.3 Å². The molecule has 2 aromatic heterocycles. The molecule has 3 N–H and O–H groups in total. The molecule has 1 aromatic carbocycles. The summed E-state index contributed by atoms with van der Waals surface area (Å²) in [6.45, 7) is -5.32. The van der Waals surface area contributed by atoms with Crippen molar-refractivity contribution in [3.8, 4) is 11.3 Å². The Morgan fingerprint density at radius 3 is 2.84 bits per heavy atom. The number of hydrogen-bond acceptors (Lipinski definition) is 7. The van der Waals surface area contributed by atoms with Crippen molar-refractivity contribution in [2.24, 2.45) is 5.92 Å². The number of nitrogens with one attached hydrogen (secondary N) is 3. The Morgan fingerprint density at radius 2 is 2.03 bits per heavy atom. The van der Waals surface area contributed by atoms with Crippen LogP contribution in [0.15, 0.2) is 42.9 Å². The lowest BCUT2D eigenvalue weighted by Gasteiger charge is -2.30. The molecule has 0 bridgehead atoms. The first-order valence-corrected chi connectivity index (χ1v) is 10.0. The predicted octanol–water partition coefficient (Wildman–Crippen LogP) is 2.94. The number of benzene rings is 1. The zero-order valence-electron chi connectivity index (χ0n) is 22.8. The molecule has 9 nitrogen and oxygen atoms in total. The third-order valence-corrected chi connectivity index (χ3v) is 5.37. The summed E-state index contributed by atoms with van der Waals surface area (Å²) in [7, 11) is 0. The van der Waals surface area contributed by atoms with E-state index < -0.39 is 19.9 Å². The average molecular weight is 436 g/mol. The second-order valence-electron chi connectivity index (χ2n) is 7.60. The number of anilines is 4. The monoisotopic (exact) mass is 435 g/mol. The summed E-state index contributed by atoms with van der Waals surface area (Å²) in [5, 5.41) is 7.72. The van der Waals surface area contributed by atoms with Gasteiger partial charge in [0, 0.05) is 58.3 Å². The zero-order chi connectivity index (χ0) is 27.2. The molecule has 0 unspecified atom stereocenters. The molecule has 0 radical (unpaired) electrons. The van der Waals surface area contributed by atoms with Crippen LogP contribution >= 0.6 is 0 Å². The van der Waals surface area contributed by atoms with Gasteiger partial charge in [0.2, 0.25) is 5.91 Å². The standard InChI is InChI=1S/C23H23N7O2/c1-24-23(32)15-11-27-19(29-22(31)13-6-7-13)10-17(15)28-16-5-3-4-14-20-18(25-8-9-26-20)12-30(2)21(14)16/h3-5,8-11,13H,6-7,12H2,1-2H3,(H,24,32)(H2,27,28,29,31)/i1D3,2D3. The number of hydrogen-bond donors (Lipinski definition) is 3. The van der Waals surface area contributed by atoms with E-state index in [1.165, 1.54) is 23.4 Å². The second kappa shape index (κ2) is 7.92. The number of fused-ring (bicyclic) bond motifs is 3. The van der Waals surface area contributed by atoms with Crippen LogP contribution in [0.5, 0.6) is 0 Å². The van der Waals surface area contributed by atoms with Gasteiger partial charge in [-0.25, -0.2) is 4.98 Å². The van der Waals surface area contributed by atoms with Gasteiger partial charge in [0.25, 0.3) is 5.91 Å². The third-order valence-electron chi connectivity index (χ3n) is 5.37. The van der Waals surface area contributed by atoms with Gasteiger partial charge in [-0.3, -0.25) is 19.6 Å². The average Bonchev–Trinajstić information content (AvgIpc) is 3.68. The summed E-state index contributed by atoms with van der Waals surface area (Å²) < 4.78 is 46.6. The zero-order valence-corrected chi connectivity index (χ0v) is 16.8. The van der Waals surface area contributed by atoms with Crippen molar-refractivity contribution >= 4 is 34.7 Å². The van der Waals surface area contributed by atoms with E-state index >= 15 is 0 Å². The maximum Gasteiger partial charge on any atom is 0.254 e. The number of para-hydroxylation sites is 1. The van der Waals surface area contributed by atoms with Gasteiger partial charge >= 0.3 is 0 Å². The first-order chi connectivity index (χ1) is 17.9. The highest BCUT2D eigenvalue weighted by Crippen LogP contribution is 2.42. The molecule has 9 heteroatoms. The van der Waals surface area contributed by atoms with Gasteiger partial charge in [0.15, 0.2) is 0 Å². The Kier molecular flexibility index (Phi) is 3.49. The van der Waals surface area contributed by atoms with Crippen LogP contribution in [0, 0.1) is 5.92 Å². The van der Waals surface area contributed by atoms with Crippen molar-refractivity contribution in [2.75, 3.05) is 29.5 Å². The summed E-state index contributed by atoms with van der Waals surface area (Å²) in [4.78, 5) is 39.2. The summed E-state index contributed by atoms with van der Waals surface area (Å²) in [5.74, 6) is -1.07. The number of nitrogens with zero attached hydrogens (tertiary/aromatic N) is 4. The Morgan fingerprint density at radius 1 is 1.16 bits per heavy atom. The van der Waals surface area contributed by atoms with E-state index in [-0.39, 0.29) is 35.4 Å². The van der Waals surface area contributed by atoms with Crippen LogP contribution in [0.2, 0.25) is 0 Å². The fraction of sp³-hybridized carbons (Fsp3) is 0.261. The first-order valence-electron chi connectivity index (χ1n) is 13.0. The quantitative estimate of drug-likeness (QED) is 0.565. The lowest BCUT2D eigenvalue weighted by atomic mass is 10.0. The molecule has 3 heterocycles. The van der Waals surface area contributed by atoms with Crippen molar-refractivity contribution in [3.63, 3.8) is 0 Å². The van der Waals surface area contributed by atoms with Crippen molar-refractivity contribution < 1.29 is 17.8 Å². The van der Waals surface area contributed by atoms with E-state index in [0.717, 1.165) is 19.0 Å². The highest BCUT2D eigenvalue weighted by Gasteiger charge is 2.30. The molecule has 1 aliphatic carbocycles. The predicted molar refractivity (Wildman–Crippen MR) is 122 cm³/mol. The summed E-state index contributed by atoms with van der Waals surface area (Å²) >= 11 is 0. The van der Waals surface area contributed by atoms with Crippen LogP contribution in [-0.2, 0) is 11.3 Å². The molecule has 1 fully saturated rings. The summed E-state index contributed by atoms with van der Waals surface area (Å²) in [5.41, 5.74) is 2.19. The van der Waals surface area contributed by atoms with Gasteiger partial charge in [-0.15, -0.1) is 0 Å². The second-order valence-corrected chi connectivity index (χ2v) is 7.60. The normalized spacial score (nSPS) is 17.8. The van der Waals surface area contributed by atoms with Gasteiger partial charge in [0.05, 0.1) is 40.6 Å². The molecule has 0 spiro atoms. The van der Waals surface area contributed by atoms with Gasteiger partial charge in [-0.1, -0.05) is 12.1 Å². The summed E-state index contributed by atoms with van der Waals surface area (Å²) in [6.07, 6.45) is 5.73. The lowest BCUT2D eigenvalue weighted by molar-refractivity contribution is -0.117. The molecular weight excluding hydrogens is 406 g/mol. The molecule has 5 rings (SSSR count). The van der Waals surface area contributed by atoms with Gasteiger partial charge in [-0.2, -0.15) is 0 Å². The van der Waals surface area contributed by atoms with Crippen LogP contribution in [0.25, 0.3) is 11.3 Å². The van der Waals surface area contributed by atoms with Gasteiger partial charge < -0.3 is 20.9 Å². The molecule has 162 valence electrons. The number of pyridine rings is 1. The minimum atomic E-state index is -2.75. The highest BCUT2D eigenvalue weighted by atomic mass is 16.2. The molecule has 2 aliphatic rings. The van der Waals surface area contributed by atoms with E-state index in [2.05, 4.69) is 25.6 Å². The molecule has 32 heavy (non-hydrogen) atoms. The number of aromatic nitrogens is 3. The Labute approximate surface area is 193 Å². The van der Waals surface area contributed by atoms with Crippen LogP contribution in [0.4, 0.5) is 22.9 Å². The molecule has 1 saturated carbocycles. The van der Waals surface area contributed by atoms with Crippen molar-refractivity contribution in [1.29, 1.82) is 0 Å². The van der Waals surface area contributed by atoms with Crippen LogP contribution in [0.1, 0.15) is 37.1 Å². The van der Waals surface area contributed by atoms with Crippen molar-refractivity contribution in [2.45, 2.75) is 19.4 Å². The molecular formula is C23H23N7O2. The van der Waals surface area contributed by atoms with Crippen LogP contribution in [-0.4, -0.2) is 40.7 Å². The van der Waals surface area contributed by atoms with Gasteiger partial charge in [-0.05, 0) is 18.9 Å². The van der Waals surface area contributed by atoms with E-state index in [4.69, 9.17) is 8.22 Å². The highest BCUT2D eigenvalue weighted by molar-refractivity contribution is 6.02. The number of rotatable bonds is 5. The summed E-state index contributed by atoms with van der Waals surface area (Å²) in [6, 6.07) is 6.46. The fourth-order valence-electron chi connectivity index (χ4n) is 3.66. The lowest BCUT2D eigenvalue weighted by Crippen LogP contribution is -2.24. The minimum Gasteiger partial charge on any atom is -0.366 e. The Bertz CT molecular complexity index is 1420. The topological polar surface area (TPSA) is 112 Å². The largest absolute Gasteiger partial charge is 0.366 e. The van der Waals surface area contributed by atoms with E-state index in [0.29, 0.717) is 28.3 Å².